The Morgan fingerprint density at radius 1 is 1.56 bits per heavy atom. The van der Waals surface area contributed by atoms with Crippen LogP contribution in [0, 0.1) is 11.3 Å². The van der Waals surface area contributed by atoms with Gasteiger partial charge in [0.05, 0.1) is 6.07 Å². The van der Waals surface area contributed by atoms with Crippen LogP contribution in [0.1, 0.15) is 34.1 Å². The fourth-order valence-electron chi connectivity index (χ4n) is 0.928. The number of alkyl carbamates (subject to hydrolysis) is 1. The molecule has 0 aromatic heterocycles. The monoisotopic (exact) mass is 244 g/mol. The number of nitrogens with zero attached hydrogens (tertiary/aromatic N) is 1. The molecule has 0 heterocycles. The summed E-state index contributed by atoms with van der Waals surface area (Å²) in [6.07, 6.45) is 0.157. The summed E-state index contributed by atoms with van der Waals surface area (Å²) in [4.78, 5) is 11.4. The number of ether oxygens (including phenoxy) is 1. The van der Waals surface area contributed by atoms with Crippen molar-refractivity contribution in [2.45, 2.75) is 45.8 Å². The lowest BCUT2D eigenvalue weighted by atomic mass is 10.2. The zero-order valence-electron chi connectivity index (χ0n) is 10.4. The number of carbonyl (C=O) groups is 1. The van der Waals surface area contributed by atoms with E-state index in [2.05, 4.69) is 11.4 Å². The predicted octanol–water partition coefficient (Wildman–Crippen LogP) is 2.55. The molecule has 5 heteroatoms. The smallest absolute Gasteiger partial charge is 0.407 e. The van der Waals surface area contributed by atoms with E-state index in [0.29, 0.717) is 6.42 Å². The van der Waals surface area contributed by atoms with Gasteiger partial charge in [-0.1, -0.05) is 0 Å². The third-order valence-corrected chi connectivity index (χ3v) is 2.72. The van der Waals surface area contributed by atoms with Gasteiger partial charge < -0.3 is 10.1 Å². The predicted molar refractivity (Wildman–Crippen MR) is 66.4 cm³/mol. The number of hydrogen-bond donors (Lipinski definition) is 1. The van der Waals surface area contributed by atoms with Crippen molar-refractivity contribution in [2.75, 3.05) is 11.5 Å². The quantitative estimate of drug-likeness (QED) is 0.755. The van der Waals surface area contributed by atoms with Crippen LogP contribution in [-0.4, -0.2) is 29.2 Å². The molecular weight excluding hydrogens is 224 g/mol. The van der Waals surface area contributed by atoms with E-state index in [-0.39, 0.29) is 12.1 Å². The molecule has 1 amide bonds. The van der Waals surface area contributed by atoms with Crippen molar-refractivity contribution in [1.82, 2.24) is 5.32 Å². The highest BCUT2D eigenvalue weighted by Gasteiger charge is 2.17. The van der Waals surface area contributed by atoms with Gasteiger partial charge in [-0.15, -0.1) is 0 Å². The van der Waals surface area contributed by atoms with Crippen LogP contribution in [0.25, 0.3) is 0 Å². The van der Waals surface area contributed by atoms with E-state index >= 15 is 0 Å². The molecule has 0 bridgehead atoms. The Labute approximate surface area is 102 Å². The van der Waals surface area contributed by atoms with Crippen LogP contribution in [0.15, 0.2) is 0 Å². The van der Waals surface area contributed by atoms with Gasteiger partial charge in [-0.3, -0.25) is 0 Å². The molecule has 0 fully saturated rings. The lowest BCUT2D eigenvalue weighted by Crippen LogP contribution is -2.38. The first-order valence-corrected chi connectivity index (χ1v) is 6.45. The average Bonchev–Trinajstić information content (AvgIpc) is 2.09. The first-order valence-electron chi connectivity index (χ1n) is 5.29. The van der Waals surface area contributed by atoms with Crippen molar-refractivity contribution in [1.29, 1.82) is 5.26 Å². The average molecular weight is 244 g/mol. The highest BCUT2D eigenvalue weighted by atomic mass is 32.2. The molecule has 0 aliphatic carbocycles. The van der Waals surface area contributed by atoms with Gasteiger partial charge in [-0.2, -0.15) is 17.0 Å². The van der Waals surface area contributed by atoms with Crippen LogP contribution in [0.3, 0.4) is 0 Å². The first kappa shape index (κ1) is 15.1. The molecule has 0 radical (unpaired) electrons. The molecular formula is C11H20N2O2S. The minimum atomic E-state index is -0.461. The van der Waals surface area contributed by atoms with Crippen LogP contribution in [0.5, 0.6) is 0 Å². The molecule has 92 valence electrons. The van der Waals surface area contributed by atoms with Crippen LogP contribution in [0.4, 0.5) is 4.79 Å². The van der Waals surface area contributed by atoms with Gasteiger partial charge in [0.1, 0.15) is 5.60 Å². The van der Waals surface area contributed by atoms with Gasteiger partial charge in [0.15, 0.2) is 0 Å². The molecule has 1 atom stereocenters. The Kier molecular flexibility index (Phi) is 6.98. The minimum absolute atomic E-state index is 0.0542. The maximum Gasteiger partial charge on any atom is 0.407 e. The third kappa shape index (κ3) is 9.66. The Balaban J connectivity index is 3.67. The van der Waals surface area contributed by atoms with Gasteiger partial charge in [0.2, 0.25) is 0 Å². The van der Waals surface area contributed by atoms with Crippen molar-refractivity contribution in [2.24, 2.45) is 0 Å². The molecule has 0 aliphatic rings. The van der Waals surface area contributed by atoms with Crippen LogP contribution in [0.2, 0.25) is 0 Å². The molecule has 0 saturated carbocycles. The standard InChI is InChI=1S/C11H20N2O2S/c1-9(8-16-7-5-6-12)13-10(14)15-11(2,3)4/h9H,5,7-8H2,1-4H3,(H,13,14)/t9-/m1/s1. The van der Waals surface area contributed by atoms with E-state index in [1.165, 1.54) is 0 Å². The fraction of sp³-hybridized carbons (Fsp3) is 0.818. The molecule has 16 heavy (non-hydrogen) atoms. The highest BCUT2D eigenvalue weighted by molar-refractivity contribution is 7.99. The van der Waals surface area contributed by atoms with E-state index in [9.17, 15) is 4.79 Å². The van der Waals surface area contributed by atoms with Crippen LogP contribution >= 0.6 is 11.8 Å². The summed E-state index contributed by atoms with van der Waals surface area (Å²) in [7, 11) is 0. The Bertz CT molecular complexity index is 256. The number of hydrogen-bond acceptors (Lipinski definition) is 4. The normalized spacial score (nSPS) is 12.7. The number of thioether (sulfide) groups is 1. The lowest BCUT2D eigenvalue weighted by Gasteiger charge is -2.21. The summed E-state index contributed by atoms with van der Waals surface area (Å²) in [6.45, 7) is 7.42. The molecule has 0 aliphatic heterocycles. The lowest BCUT2D eigenvalue weighted by molar-refractivity contribution is 0.0513. The first-order chi connectivity index (χ1) is 7.35. The zero-order chi connectivity index (χ0) is 12.6. The Hall–Kier alpha value is -0.890. The van der Waals surface area contributed by atoms with Crippen molar-refractivity contribution >= 4 is 17.9 Å². The van der Waals surface area contributed by atoms with Crippen molar-refractivity contribution in [3.05, 3.63) is 0 Å². The Morgan fingerprint density at radius 3 is 2.69 bits per heavy atom. The number of amides is 1. The van der Waals surface area contributed by atoms with Crippen molar-refractivity contribution < 1.29 is 9.53 Å². The summed E-state index contributed by atoms with van der Waals surface area (Å²) in [5.41, 5.74) is -0.461. The Morgan fingerprint density at radius 2 is 2.19 bits per heavy atom. The van der Waals surface area contributed by atoms with Gasteiger partial charge in [0, 0.05) is 24.0 Å². The second kappa shape index (κ2) is 7.39. The molecule has 0 aromatic rings. The van der Waals surface area contributed by atoms with E-state index in [1.54, 1.807) is 11.8 Å². The van der Waals surface area contributed by atoms with E-state index in [0.717, 1.165) is 11.5 Å². The molecule has 0 saturated heterocycles. The second-order valence-electron chi connectivity index (χ2n) is 4.53. The molecule has 0 rings (SSSR count). The molecule has 4 nitrogen and oxygen atoms in total. The van der Waals surface area contributed by atoms with Gasteiger partial charge in [0.25, 0.3) is 0 Å². The maximum atomic E-state index is 11.4. The third-order valence-electron chi connectivity index (χ3n) is 1.49. The topological polar surface area (TPSA) is 62.1 Å². The summed E-state index contributed by atoms with van der Waals surface area (Å²) >= 11 is 1.65. The molecule has 0 spiro atoms. The molecule has 1 N–H and O–H groups in total. The van der Waals surface area contributed by atoms with Crippen LogP contribution < -0.4 is 5.32 Å². The minimum Gasteiger partial charge on any atom is -0.444 e. The van der Waals surface area contributed by atoms with Gasteiger partial charge >= 0.3 is 6.09 Å². The molecule has 0 aromatic carbocycles. The zero-order valence-corrected chi connectivity index (χ0v) is 11.2. The van der Waals surface area contributed by atoms with Crippen molar-refractivity contribution in [3.8, 4) is 6.07 Å². The summed E-state index contributed by atoms with van der Waals surface area (Å²) < 4.78 is 5.12. The summed E-state index contributed by atoms with van der Waals surface area (Å²) in [5, 5.41) is 11.1. The number of nitrogens with one attached hydrogen (secondary N) is 1. The number of carbonyl (C=O) groups excluding carboxylic acids is 1. The van der Waals surface area contributed by atoms with E-state index < -0.39 is 5.60 Å². The van der Waals surface area contributed by atoms with Gasteiger partial charge in [-0.25, -0.2) is 4.79 Å². The maximum absolute atomic E-state index is 11.4. The molecule has 0 unspecified atom stereocenters. The SMILES string of the molecule is C[C@H](CSCCC#N)NC(=O)OC(C)(C)C. The second-order valence-corrected chi connectivity index (χ2v) is 5.68. The van der Waals surface area contributed by atoms with E-state index in [1.807, 2.05) is 27.7 Å². The summed E-state index contributed by atoms with van der Waals surface area (Å²) in [6, 6.07) is 2.13. The van der Waals surface area contributed by atoms with Crippen molar-refractivity contribution in [3.63, 3.8) is 0 Å². The fourth-order valence-corrected chi connectivity index (χ4v) is 1.77. The van der Waals surface area contributed by atoms with Gasteiger partial charge in [-0.05, 0) is 27.7 Å². The van der Waals surface area contributed by atoms with E-state index in [4.69, 9.17) is 10.00 Å². The van der Waals surface area contributed by atoms with Crippen LogP contribution in [-0.2, 0) is 4.74 Å². The summed E-state index contributed by atoms with van der Waals surface area (Å²) in [5.74, 6) is 1.60. The largest absolute Gasteiger partial charge is 0.444 e. The number of nitriles is 1. The highest BCUT2D eigenvalue weighted by Crippen LogP contribution is 2.08. The number of rotatable bonds is 5.